The van der Waals surface area contributed by atoms with Crippen LogP contribution in [-0.2, 0) is 4.79 Å². The Morgan fingerprint density at radius 3 is 2.77 bits per heavy atom. The topological polar surface area (TPSA) is 20.3 Å². The summed E-state index contributed by atoms with van der Waals surface area (Å²) in [5.41, 5.74) is 1.13. The maximum Gasteiger partial charge on any atom is 0.222 e. The third kappa shape index (κ3) is 1.57. The first-order valence-corrected chi connectivity index (χ1v) is 4.61. The van der Waals surface area contributed by atoms with Gasteiger partial charge < -0.3 is 4.90 Å². The van der Waals surface area contributed by atoms with Crippen LogP contribution in [0.2, 0.25) is 0 Å². The van der Waals surface area contributed by atoms with E-state index >= 15 is 0 Å². The van der Waals surface area contributed by atoms with Gasteiger partial charge in [-0.05, 0) is 25.0 Å². The molecule has 1 atom stereocenters. The van der Waals surface area contributed by atoms with E-state index in [1.54, 1.807) is 0 Å². The van der Waals surface area contributed by atoms with Gasteiger partial charge in [0, 0.05) is 12.2 Å². The van der Waals surface area contributed by atoms with Crippen molar-refractivity contribution in [3.05, 3.63) is 30.3 Å². The molecule has 0 spiro atoms. The second-order valence-corrected chi connectivity index (χ2v) is 3.30. The smallest absolute Gasteiger partial charge is 0.222 e. The Labute approximate surface area is 78.2 Å². The van der Waals surface area contributed by atoms with Crippen molar-refractivity contribution in [2.45, 2.75) is 18.9 Å². The second kappa shape index (κ2) is 3.60. The molecule has 1 aromatic rings. The van der Waals surface area contributed by atoms with E-state index in [-0.39, 0.29) is 6.04 Å². The highest BCUT2D eigenvalue weighted by molar-refractivity contribution is 5.67. The van der Waals surface area contributed by atoms with Crippen LogP contribution in [0.3, 0.4) is 0 Å². The molecule has 0 saturated carbocycles. The summed E-state index contributed by atoms with van der Waals surface area (Å²) < 4.78 is 0. The second-order valence-electron chi connectivity index (χ2n) is 3.30. The van der Waals surface area contributed by atoms with Gasteiger partial charge in [-0.3, -0.25) is 4.79 Å². The molecule has 0 aliphatic carbocycles. The molecule has 0 aromatic heterocycles. The molecule has 1 aliphatic heterocycles. The van der Waals surface area contributed by atoms with Crippen LogP contribution in [0, 0.1) is 0 Å². The van der Waals surface area contributed by atoms with Gasteiger partial charge in [-0.25, -0.2) is 0 Å². The number of hydrogen-bond donors (Lipinski definition) is 0. The summed E-state index contributed by atoms with van der Waals surface area (Å²) >= 11 is 0. The lowest BCUT2D eigenvalue weighted by Gasteiger charge is -2.21. The van der Waals surface area contributed by atoms with Crippen LogP contribution >= 0.6 is 0 Å². The molecule has 2 heteroatoms. The van der Waals surface area contributed by atoms with Gasteiger partial charge in [-0.15, -0.1) is 0 Å². The van der Waals surface area contributed by atoms with Crippen molar-refractivity contribution in [3.8, 4) is 0 Å². The zero-order valence-electron chi connectivity index (χ0n) is 7.44. The van der Waals surface area contributed by atoms with Gasteiger partial charge in [0.1, 0.15) is 0 Å². The third-order valence-corrected chi connectivity index (χ3v) is 2.48. The van der Waals surface area contributed by atoms with Crippen molar-refractivity contribution >= 4 is 12.0 Å². The molecule has 0 bridgehead atoms. The van der Waals surface area contributed by atoms with E-state index < -0.39 is 0 Å². The molecule has 1 aromatic carbocycles. The summed E-state index contributed by atoms with van der Waals surface area (Å²) in [4.78, 5) is 12.7. The minimum atomic E-state index is -0.0256. The number of nitrogens with zero attached hydrogens (tertiary/aromatic N) is 1. The van der Waals surface area contributed by atoms with Gasteiger partial charge in [-0.2, -0.15) is 0 Å². The number of anilines is 1. The Balaban J connectivity index is 2.21. The molecular weight excluding hydrogens is 162 g/mol. The van der Waals surface area contributed by atoms with Gasteiger partial charge in [0.25, 0.3) is 0 Å². The Kier molecular flexibility index (Phi) is 2.30. The predicted octanol–water partition coefficient (Wildman–Crippen LogP) is 1.77. The number of carbonyl (C=O) groups excluding carboxylic acids is 1. The van der Waals surface area contributed by atoms with Gasteiger partial charge in [0.05, 0.1) is 6.04 Å². The van der Waals surface area contributed by atoms with Crippen LogP contribution in [0.15, 0.2) is 30.3 Å². The van der Waals surface area contributed by atoms with E-state index in [2.05, 4.69) is 11.2 Å². The van der Waals surface area contributed by atoms with E-state index in [0.717, 1.165) is 25.1 Å². The fourth-order valence-electron chi connectivity index (χ4n) is 1.82. The van der Waals surface area contributed by atoms with Crippen molar-refractivity contribution < 1.29 is 4.79 Å². The van der Waals surface area contributed by atoms with Crippen LogP contribution in [0.5, 0.6) is 0 Å². The standard InChI is InChI=1S/C11H12NO/c13-9-11-7-4-8-12(11)10-5-2-1-3-6-10/h1-3,5-6,11H,4,7-8H2. The monoisotopic (exact) mass is 174 g/mol. The molecule has 1 radical (unpaired) electrons. The van der Waals surface area contributed by atoms with Crippen LogP contribution in [0.25, 0.3) is 0 Å². The molecule has 1 aliphatic rings. The van der Waals surface area contributed by atoms with Gasteiger partial charge in [0.15, 0.2) is 0 Å². The minimum Gasteiger partial charge on any atom is -0.361 e. The first-order chi connectivity index (χ1) is 6.42. The molecule has 67 valence electrons. The molecule has 0 amide bonds. The highest BCUT2D eigenvalue weighted by atomic mass is 16.1. The van der Waals surface area contributed by atoms with E-state index in [0.29, 0.717) is 0 Å². The maximum absolute atomic E-state index is 10.6. The zero-order chi connectivity index (χ0) is 9.10. The fraction of sp³-hybridized carbons (Fsp3) is 0.364. The SMILES string of the molecule is O=[C]C1CCCN1c1ccccc1. The van der Waals surface area contributed by atoms with Crippen molar-refractivity contribution in [1.29, 1.82) is 0 Å². The first kappa shape index (κ1) is 8.30. The lowest BCUT2D eigenvalue weighted by molar-refractivity contribution is 0.541. The van der Waals surface area contributed by atoms with Gasteiger partial charge in [0.2, 0.25) is 6.29 Å². The molecule has 2 rings (SSSR count). The lowest BCUT2D eigenvalue weighted by atomic mass is 10.2. The van der Waals surface area contributed by atoms with E-state index in [1.807, 2.05) is 30.3 Å². The summed E-state index contributed by atoms with van der Waals surface area (Å²) in [5.74, 6) is 0. The average Bonchev–Trinajstić information content (AvgIpc) is 2.67. The van der Waals surface area contributed by atoms with E-state index in [4.69, 9.17) is 0 Å². The van der Waals surface area contributed by atoms with E-state index in [9.17, 15) is 4.79 Å². The molecular formula is C11H12NO. The Bertz CT molecular complexity index is 283. The highest BCUT2D eigenvalue weighted by Gasteiger charge is 2.24. The largest absolute Gasteiger partial charge is 0.361 e. The van der Waals surface area contributed by atoms with Crippen LogP contribution in [-0.4, -0.2) is 18.9 Å². The fourth-order valence-corrected chi connectivity index (χ4v) is 1.82. The Morgan fingerprint density at radius 1 is 1.31 bits per heavy atom. The normalized spacial score (nSPS) is 21.8. The summed E-state index contributed by atoms with van der Waals surface area (Å²) in [7, 11) is 0. The predicted molar refractivity (Wildman–Crippen MR) is 52.5 cm³/mol. The number of rotatable bonds is 2. The van der Waals surface area contributed by atoms with Crippen molar-refractivity contribution in [2.75, 3.05) is 11.4 Å². The molecule has 1 heterocycles. The number of benzene rings is 1. The first-order valence-electron chi connectivity index (χ1n) is 4.61. The molecule has 13 heavy (non-hydrogen) atoms. The summed E-state index contributed by atoms with van der Waals surface area (Å²) in [5, 5.41) is 0. The van der Waals surface area contributed by atoms with Crippen molar-refractivity contribution in [2.24, 2.45) is 0 Å². The molecule has 1 fully saturated rings. The quantitative estimate of drug-likeness (QED) is 0.681. The van der Waals surface area contributed by atoms with Crippen LogP contribution in [0.1, 0.15) is 12.8 Å². The molecule has 2 nitrogen and oxygen atoms in total. The average molecular weight is 174 g/mol. The van der Waals surface area contributed by atoms with Crippen LogP contribution in [0.4, 0.5) is 5.69 Å². The summed E-state index contributed by atoms with van der Waals surface area (Å²) in [6, 6.07) is 10.0. The number of hydrogen-bond acceptors (Lipinski definition) is 2. The van der Waals surface area contributed by atoms with Gasteiger partial charge >= 0.3 is 0 Å². The number of para-hydroxylation sites is 1. The van der Waals surface area contributed by atoms with Crippen molar-refractivity contribution in [1.82, 2.24) is 0 Å². The molecule has 1 unspecified atom stereocenters. The summed E-state index contributed by atoms with van der Waals surface area (Å²) in [6.07, 6.45) is 4.12. The van der Waals surface area contributed by atoms with E-state index in [1.165, 1.54) is 0 Å². The Hall–Kier alpha value is -1.31. The highest BCUT2D eigenvalue weighted by Crippen LogP contribution is 2.23. The molecule has 1 saturated heterocycles. The lowest BCUT2D eigenvalue weighted by Crippen LogP contribution is -2.29. The van der Waals surface area contributed by atoms with Gasteiger partial charge in [-0.1, -0.05) is 18.2 Å². The minimum absolute atomic E-state index is 0.0256. The van der Waals surface area contributed by atoms with Crippen molar-refractivity contribution in [3.63, 3.8) is 0 Å². The summed E-state index contributed by atoms with van der Waals surface area (Å²) in [6.45, 7) is 0.976. The zero-order valence-corrected chi connectivity index (χ0v) is 7.44. The Morgan fingerprint density at radius 2 is 2.08 bits per heavy atom. The van der Waals surface area contributed by atoms with Crippen LogP contribution < -0.4 is 4.90 Å². The molecule has 0 N–H and O–H groups in total. The third-order valence-electron chi connectivity index (χ3n) is 2.48. The maximum atomic E-state index is 10.6.